The van der Waals surface area contributed by atoms with Crippen LogP contribution in [0.1, 0.15) is 19.4 Å². The van der Waals surface area contributed by atoms with E-state index in [-0.39, 0.29) is 6.79 Å². The predicted molar refractivity (Wildman–Crippen MR) is 59.6 cm³/mol. The van der Waals surface area contributed by atoms with Crippen molar-refractivity contribution in [2.75, 3.05) is 13.3 Å². The first-order chi connectivity index (χ1) is 8.08. The van der Waals surface area contributed by atoms with Crippen LogP contribution in [0.3, 0.4) is 0 Å². The molecule has 0 bridgehead atoms. The van der Waals surface area contributed by atoms with Crippen molar-refractivity contribution < 1.29 is 18.3 Å². The van der Waals surface area contributed by atoms with Gasteiger partial charge in [-0.2, -0.15) is 0 Å². The molecule has 5 heteroatoms. The lowest BCUT2D eigenvalue weighted by molar-refractivity contribution is 0.0393. The minimum Gasteiger partial charge on any atom is -0.454 e. The zero-order valence-corrected chi connectivity index (χ0v) is 9.80. The Morgan fingerprint density at radius 1 is 1.35 bits per heavy atom. The summed E-state index contributed by atoms with van der Waals surface area (Å²) in [6.07, 6.45) is -2.50. The monoisotopic (exact) mass is 243 g/mol. The van der Waals surface area contributed by atoms with E-state index in [1.165, 1.54) is 6.92 Å². The second-order valence-corrected chi connectivity index (χ2v) is 4.10. The van der Waals surface area contributed by atoms with Crippen molar-refractivity contribution in [3.8, 4) is 11.5 Å². The number of benzene rings is 1. The van der Waals surface area contributed by atoms with Gasteiger partial charge in [0.1, 0.15) is 5.54 Å². The largest absolute Gasteiger partial charge is 0.454 e. The van der Waals surface area contributed by atoms with Crippen molar-refractivity contribution in [2.45, 2.75) is 25.8 Å². The molecule has 1 heterocycles. The molecule has 94 valence electrons. The molecule has 0 amide bonds. The molecule has 1 aromatic carbocycles. The third kappa shape index (κ3) is 2.07. The Kier molecular flexibility index (Phi) is 3.19. The van der Waals surface area contributed by atoms with Gasteiger partial charge in [0.15, 0.2) is 11.5 Å². The number of hydrogen-bond donors (Lipinski definition) is 1. The molecule has 0 spiro atoms. The van der Waals surface area contributed by atoms with Crippen molar-refractivity contribution in [1.82, 2.24) is 5.32 Å². The van der Waals surface area contributed by atoms with Crippen LogP contribution in [0.15, 0.2) is 18.2 Å². The zero-order valence-electron chi connectivity index (χ0n) is 9.80. The first kappa shape index (κ1) is 12.1. The third-order valence-corrected chi connectivity index (χ3v) is 2.95. The minimum atomic E-state index is -2.50. The summed E-state index contributed by atoms with van der Waals surface area (Å²) in [6.45, 7) is 3.90. The second kappa shape index (κ2) is 4.49. The standard InChI is InChI=1S/C12H15F2NO2/c1-3-15-12(2,11(13)14)8-4-5-9-10(6-8)17-7-16-9/h4-6,11,15H,3,7H2,1-2H3. The van der Waals surface area contributed by atoms with Crippen LogP contribution in [0.25, 0.3) is 0 Å². The summed E-state index contributed by atoms with van der Waals surface area (Å²) < 4.78 is 36.7. The van der Waals surface area contributed by atoms with Gasteiger partial charge in [0.05, 0.1) is 0 Å². The maximum atomic E-state index is 13.2. The van der Waals surface area contributed by atoms with Gasteiger partial charge in [0, 0.05) is 0 Å². The summed E-state index contributed by atoms with van der Waals surface area (Å²) in [7, 11) is 0. The molecule has 17 heavy (non-hydrogen) atoms. The molecule has 0 radical (unpaired) electrons. The Morgan fingerprint density at radius 2 is 2.06 bits per heavy atom. The number of hydrogen-bond acceptors (Lipinski definition) is 3. The lowest BCUT2D eigenvalue weighted by atomic mass is 9.92. The average molecular weight is 243 g/mol. The molecule has 0 saturated carbocycles. The van der Waals surface area contributed by atoms with Crippen LogP contribution in [0.4, 0.5) is 8.78 Å². The van der Waals surface area contributed by atoms with Crippen LogP contribution in [0, 0.1) is 0 Å². The number of ether oxygens (including phenoxy) is 2. The molecule has 1 N–H and O–H groups in total. The molecule has 1 aliphatic heterocycles. The molecule has 1 atom stereocenters. The molecule has 0 aliphatic carbocycles. The molecule has 1 aromatic rings. The Labute approximate surface area is 98.7 Å². The molecular weight excluding hydrogens is 228 g/mol. The van der Waals surface area contributed by atoms with Crippen LogP contribution in [0.5, 0.6) is 11.5 Å². The van der Waals surface area contributed by atoms with E-state index in [0.717, 1.165) is 0 Å². The summed E-state index contributed by atoms with van der Waals surface area (Å²) in [5.74, 6) is 1.12. The van der Waals surface area contributed by atoms with Crippen molar-refractivity contribution in [2.24, 2.45) is 0 Å². The van der Waals surface area contributed by atoms with Crippen LogP contribution < -0.4 is 14.8 Å². The molecule has 0 aromatic heterocycles. The summed E-state index contributed by atoms with van der Waals surface area (Å²) in [5, 5.41) is 2.82. The Balaban J connectivity index is 2.37. The first-order valence-electron chi connectivity index (χ1n) is 5.51. The van der Waals surface area contributed by atoms with Gasteiger partial charge < -0.3 is 14.8 Å². The highest BCUT2D eigenvalue weighted by Crippen LogP contribution is 2.37. The van der Waals surface area contributed by atoms with E-state index in [1.54, 1.807) is 25.1 Å². The van der Waals surface area contributed by atoms with E-state index < -0.39 is 12.0 Å². The maximum absolute atomic E-state index is 13.2. The fourth-order valence-corrected chi connectivity index (χ4v) is 1.89. The number of rotatable bonds is 4. The van der Waals surface area contributed by atoms with E-state index in [9.17, 15) is 8.78 Å². The summed E-state index contributed by atoms with van der Waals surface area (Å²) >= 11 is 0. The van der Waals surface area contributed by atoms with E-state index in [0.29, 0.717) is 23.6 Å². The third-order valence-electron chi connectivity index (χ3n) is 2.95. The zero-order chi connectivity index (χ0) is 12.5. The lowest BCUT2D eigenvalue weighted by Gasteiger charge is -2.30. The molecule has 3 nitrogen and oxygen atoms in total. The maximum Gasteiger partial charge on any atom is 0.260 e. The topological polar surface area (TPSA) is 30.5 Å². The number of alkyl halides is 2. The van der Waals surface area contributed by atoms with Gasteiger partial charge in [-0.3, -0.25) is 0 Å². The number of fused-ring (bicyclic) bond motifs is 1. The molecular formula is C12H15F2NO2. The average Bonchev–Trinajstić information content (AvgIpc) is 2.75. The quantitative estimate of drug-likeness (QED) is 0.881. The van der Waals surface area contributed by atoms with Gasteiger partial charge in [-0.05, 0) is 31.2 Å². The smallest absolute Gasteiger partial charge is 0.260 e. The molecule has 0 fully saturated rings. The van der Waals surface area contributed by atoms with E-state index in [2.05, 4.69) is 5.32 Å². The highest BCUT2D eigenvalue weighted by atomic mass is 19.3. The fourth-order valence-electron chi connectivity index (χ4n) is 1.89. The lowest BCUT2D eigenvalue weighted by Crippen LogP contribution is -2.45. The predicted octanol–water partition coefficient (Wildman–Crippen LogP) is 2.51. The fraction of sp³-hybridized carbons (Fsp3) is 0.500. The van der Waals surface area contributed by atoms with E-state index >= 15 is 0 Å². The van der Waals surface area contributed by atoms with Crippen LogP contribution in [-0.4, -0.2) is 19.8 Å². The van der Waals surface area contributed by atoms with E-state index in [4.69, 9.17) is 9.47 Å². The number of halogens is 2. The summed E-state index contributed by atoms with van der Waals surface area (Å²) in [5.41, 5.74) is -0.867. The summed E-state index contributed by atoms with van der Waals surface area (Å²) in [4.78, 5) is 0. The van der Waals surface area contributed by atoms with Crippen LogP contribution in [0.2, 0.25) is 0 Å². The van der Waals surface area contributed by atoms with Crippen molar-refractivity contribution in [3.63, 3.8) is 0 Å². The Bertz CT molecular complexity index is 411. The van der Waals surface area contributed by atoms with Crippen LogP contribution in [-0.2, 0) is 5.54 Å². The van der Waals surface area contributed by atoms with Gasteiger partial charge in [0.2, 0.25) is 6.79 Å². The molecule has 2 rings (SSSR count). The normalized spacial score (nSPS) is 17.2. The number of nitrogens with one attached hydrogen (secondary N) is 1. The summed E-state index contributed by atoms with van der Waals surface area (Å²) in [6, 6.07) is 4.91. The van der Waals surface area contributed by atoms with Gasteiger partial charge in [-0.25, -0.2) is 8.78 Å². The van der Waals surface area contributed by atoms with Crippen molar-refractivity contribution in [3.05, 3.63) is 23.8 Å². The van der Waals surface area contributed by atoms with Gasteiger partial charge in [-0.1, -0.05) is 13.0 Å². The van der Waals surface area contributed by atoms with Crippen molar-refractivity contribution >= 4 is 0 Å². The van der Waals surface area contributed by atoms with Gasteiger partial charge in [0.25, 0.3) is 6.43 Å². The van der Waals surface area contributed by atoms with Crippen LogP contribution >= 0.6 is 0 Å². The molecule has 0 saturated heterocycles. The highest BCUT2D eigenvalue weighted by molar-refractivity contribution is 5.46. The van der Waals surface area contributed by atoms with E-state index in [1.807, 2.05) is 0 Å². The molecule has 1 aliphatic rings. The SMILES string of the molecule is CCNC(C)(c1ccc2c(c1)OCO2)C(F)F. The van der Waals surface area contributed by atoms with Gasteiger partial charge in [-0.15, -0.1) is 0 Å². The minimum absolute atomic E-state index is 0.144. The van der Waals surface area contributed by atoms with Gasteiger partial charge >= 0.3 is 0 Å². The van der Waals surface area contributed by atoms with Crippen molar-refractivity contribution in [1.29, 1.82) is 0 Å². The molecule has 1 unspecified atom stereocenters. The highest BCUT2D eigenvalue weighted by Gasteiger charge is 2.36. The first-order valence-corrected chi connectivity index (χ1v) is 5.51. The Morgan fingerprint density at radius 3 is 2.71 bits per heavy atom. The Hall–Kier alpha value is -1.36. The second-order valence-electron chi connectivity index (χ2n) is 4.10.